The van der Waals surface area contributed by atoms with Crippen molar-refractivity contribution in [3.8, 4) is 0 Å². The zero-order chi connectivity index (χ0) is 17.8. The molecule has 0 aliphatic carbocycles. The van der Waals surface area contributed by atoms with Crippen LogP contribution < -0.4 is 11.0 Å². The standard InChI is InChI=1S/C18H26N4O3/c1-14(21-9-11-25-12-10-21)13-19-17(23)7-8-22-16-6-4-3-5-15(16)20(2)18(22)24/h3-6,14H,7-13H2,1-2H3,(H,19,23). The van der Waals surface area contributed by atoms with Crippen molar-refractivity contribution in [2.45, 2.75) is 25.9 Å². The van der Waals surface area contributed by atoms with Crippen molar-refractivity contribution in [2.24, 2.45) is 7.05 Å². The number of rotatable bonds is 6. The van der Waals surface area contributed by atoms with Gasteiger partial charge in [0.15, 0.2) is 0 Å². The summed E-state index contributed by atoms with van der Waals surface area (Å²) in [6.07, 6.45) is 0.295. The molecule has 2 aromatic rings. The lowest BCUT2D eigenvalue weighted by molar-refractivity contribution is -0.121. The third kappa shape index (κ3) is 3.93. The number of hydrogen-bond acceptors (Lipinski definition) is 4. The van der Waals surface area contributed by atoms with Gasteiger partial charge in [0, 0.05) is 45.7 Å². The highest BCUT2D eigenvalue weighted by Crippen LogP contribution is 2.11. The molecule has 7 heteroatoms. The van der Waals surface area contributed by atoms with Crippen molar-refractivity contribution >= 4 is 16.9 Å². The molecule has 25 heavy (non-hydrogen) atoms. The number of carbonyl (C=O) groups excluding carboxylic acids is 1. The summed E-state index contributed by atoms with van der Waals surface area (Å²) >= 11 is 0. The van der Waals surface area contributed by atoms with Gasteiger partial charge >= 0.3 is 5.69 Å². The van der Waals surface area contributed by atoms with Gasteiger partial charge in [-0.05, 0) is 19.1 Å². The average Bonchev–Trinajstić information content (AvgIpc) is 2.89. The molecule has 0 radical (unpaired) electrons. The number of amides is 1. The van der Waals surface area contributed by atoms with Gasteiger partial charge in [-0.15, -0.1) is 0 Å². The summed E-state index contributed by atoms with van der Waals surface area (Å²) in [6, 6.07) is 7.92. The molecule has 1 amide bonds. The third-order valence-electron chi connectivity index (χ3n) is 4.88. The Labute approximate surface area is 147 Å². The number of ether oxygens (including phenoxy) is 1. The Morgan fingerprint density at radius 3 is 2.64 bits per heavy atom. The molecule has 3 rings (SSSR count). The number of morpholine rings is 1. The molecule has 1 aliphatic heterocycles. The van der Waals surface area contributed by atoms with Gasteiger partial charge in [0.05, 0.1) is 24.2 Å². The highest BCUT2D eigenvalue weighted by atomic mass is 16.5. The van der Waals surface area contributed by atoms with Crippen LogP contribution in [-0.2, 0) is 23.1 Å². The van der Waals surface area contributed by atoms with E-state index in [-0.39, 0.29) is 17.6 Å². The Hall–Kier alpha value is -2.12. The van der Waals surface area contributed by atoms with E-state index in [2.05, 4.69) is 17.1 Å². The van der Waals surface area contributed by atoms with Crippen LogP contribution in [0.2, 0.25) is 0 Å². The fraction of sp³-hybridized carbons (Fsp3) is 0.556. The van der Waals surface area contributed by atoms with Gasteiger partial charge in [-0.1, -0.05) is 12.1 Å². The SMILES string of the molecule is CC(CNC(=O)CCn1c(=O)n(C)c2ccccc21)N1CCOCC1. The number of carbonyl (C=O) groups is 1. The van der Waals surface area contributed by atoms with Crippen molar-refractivity contribution in [1.29, 1.82) is 0 Å². The lowest BCUT2D eigenvalue weighted by Crippen LogP contribution is -2.47. The third-order valence-corrected chi connectivity index (χ3v) is 4.88. The smallest absolute Gasteiger partial charge is 0.328 e. The van der Waals surface area contributed by atoms with Crippen molar-refractivity contribution in [3.63, 3.8) is 0 Å². The molecule has 0 spiro atoms. The van der Waals surface area contributed by atoms with Gasteiger partial charge < -0.3 is 10.1 Å². The number of imidazole rings is 1. The number of fused-ring (bicyclic) bond motifs is 1. The van der Waals surface area contributed by atoms with E-state index in [1.165, 1.54) is 0 Å². The second kappa shape index (κ2) is 7.84. The van der Waals surface area contributed by atoms with Gasteiger partial charge in [0.1, 0.15) is 0 Å². The van der Waals surface area contributed by atoms with Crippen LogP contribution in [0.1, 0.15) is 13.3 Å². The molecule has 1 fully saturated rings. The summed E-state index contributed by atoms with van der Waals surface area (Å²) < 4.78 is 8.63. The summed E-state index contributed by atoms with van der Waals surface area (Å²) in [5.74, 6) is -0.0278. The van der Waals surface area contributed by atoms with E-state index < -0.39 is 0 Å². The summed E-state index contributed by atoms with van der Waals surface area (Å²) in [6.45, 7) is 6.43. The molecule has 0 saturated carbocycles. The van der Waals surface area contributed by atoms with Crippen molar-refractivity contribution in [3.05, 3.63) is 34.7 Å². The van der Waals surface area contributed by atoms with Crippen molar-refractivity contribution < 1.29 is 9.53 Å². The monoisotopic (exact) mass is 346 g/mol. The van der Waals surface area contributed by atoms with E-state index in [4.69, 9.17) is 4.74 Å². The van der Waals surface area contributed by atoms with Crippen LogP contribution in [0.4, 0.5) is 0 Å². The van der Waals surface area contributed by atoms with Crippen LogP contribution in [-0.4, -0.2) is 58.8 Å². The van der Waals surface area contributed by atoms with Crippen molar-refractivity contribution in [2.75, 3.05) is 32.8 Å². The molecule has 1 N–H and O–H groups in total. The molecule has 1 aromatic carbocycles. The highest BCUT2D eigenvalue weighted by molar-refractivity contribution is 5.77. The first-order valence-corrected chi connectivity index (χ1v) is 8.80. The highest BCUT2D eigenvalue weighted by Gasteiger charge is 2.17. The summed E-state index contributed by atoms with van der Waals surface area (Å²) in [4.78, 5) is 26.8. The van der Waals surface area contributed by atoms with Crippen LogP contribution >= 0.6 is 0 Å². The fourth-order valence-corrected chi connectivity index (χ4v) is 3.29. The molecular weight excluding hydrogens is 320 g/mol. The minimum absolute atomic E-state index is 0.0278. The lowest BCUT2D eigenvalue weighted by atomic mass is 10.2. The second-order valence-corrected chi connectivity index (χ2v) is 6.53. The van der Waals surface area contributed by atoms with Gasteiger partial charge in [0.25, 0.3) is 0 Å². The second-order valence-electron chi connectivity index (χ2n) is 6.53. The van der Waals surface area contributed by atoms with E-state index in [9.17, 15) is 9.59 Å². The molecule has 1 saturated heterocycles. The van der Waals surface area contributed by atoms with Crippen LogP contribution in [0.25, 0.3) is 11.0 Å². The number of aromatic nitrogens is 2. The normalized spacial score (nSPS) is 16.9. The number of aryl methyl sites for hydroxylation is 2. The summed E-state index contributed by atoms with van der Waals surface area (Å²) in [5.41, 5.74) is 1.66. The number of para-hydroxylation sites is 2. The Balaban J connectivity index is 1.54. The first-order valence-electron chi connectivity index (χ1n) is 8.80. The van der Waals surface area contributed by atoms with E-state index in [1.54, 1.807) is 16.2 Å². The molecule has 0 bridgehead atoms. The number of nitrogens with one attached hydrogen (secondary N) is 1. The predicted octanol–water partition coefficient (Wildman–Crippen LogP) is 0.567. The molecule has 2 heterocycles. The Morgan fingerprint density at radius 1 is 1.24 bits per heavy atom. The summed E-state index contributed by atoms with van der Waals surface area (Å²) in [5, 5.41) is 2.98. The van der Waals surface area contributed by atoms with Gasteiger partial charge in [-0.2, -0.15) is 0 Å². The molecule has 1 atom stereocenters. The Morgan fingerprint density at radius 2 is 1.92 bits per heavy atom. The van der Waals surface area contributed by atoms with E-state index in [0.29, 0.717) is 19.5 Å². The maximum absolute atomic E-state index is 12.3. The molecule has 1 aromatic heterocycles. The summed E-state index contributed by atoms with van der Waals surface area (Å²) in [7, 11) is 1.76. The Bertz CT molecular complexity index is 789. The van der Waals surface area contributed by atoms with Crippen molar-refractivity contribution in [1.82, 2.24) is 19.4 Å². The topological polar surface area (TPSA) is 68.5 Å². The molecule has 7 nitrogen and oxygen atoms in total. The average molecular weight is 346 g/mol. The van der Waals surface area contributed by atoms with Crippen LogP contribution in [0, 0.1) is 0 Å². The zero-order valence-corrected chi connectivity index (χ0v) is 14.9. The van der Waals surface area contributed by atoms with Gasteiger partial charge in [0.2, 0.25) is 5.91 Å². The predicted molar refractivity (Wildman–Crippen MR) is 96.7 cm³/mol. The van der Waals surface area contributed by atoms with Crippen LogP contribution in [0.3, 0.4) is 0 Å². The first-order chi connectivity index (χ1) is 12.1. The number of nitrogens with zero attached hydrogens (tertiary/aromatic N) is 3. The molecule has 136 valence electrons. The quantitative estimate of drug-likeness (QED) is 0.830. The van der Waals surface area contributed by atoms with Gasteiger partial charge in [-0.3, -0.25) is 18.8 Å². The maximum atomic E-state index is 12.3. The largest absolute Gasteiger partial charge is 0.379 e. The van der Waals surface area contributed by atoms with E-state index in [1.807, 2.05) is 24.3 Å². The fourth-order valence-electron chi connectivity index (χ4n) is 3.29. The minimum atomic E-state index is -0.0873. The number of benzene rings is 1. The van der Waals surface area contributed by atoms with E-state index in [0.717, 1.165) is 37.3 Å². The molecule has 1 unspecified atom stereocenters. The Kier molecular flexibility index (Phi) is 5.55. The molecule has 1 aliphatic rings. The maximum Gasteiger partial charge on any atom is 0.328 e. The first kappa shape index (κ1) is 17.7. The molecular formula is C18H26N4O3. The number of hydrogen-bond donors (Lipinski definition) is 1. The van der Waals surface area contributed by atoms with Crippen LogP contribution in [0.5, 0.6) is 0 Å². The lowest BCUT2D eigenvalue weighted by Gasteiger charge is -2.32. The van der Waals surface area contributed by atoms with Gasteiger partial charge in [-0.25, -0.2) is 4.79 Å². The zero-order valence-electron chi connectivity index (χ0n) is 14.9. The minimum Gasteiger partial charge on any atom is -0.379 e. The van der Waals surface area contributed by atoms with Crippen LogP contribution in [0.15, 0.2) is 29.1 Å². The van der Waals surface area contributed by atoms with E-state index >= 15 is 0 Å².